The molecule has 0 saturated heterocycles. The van der Waals surface area contributed by atoms with Gasteiger partial charge in [0.05, 0.1) is 0 Å². The van der Waals surface area contributed by atoms with Crippen LogP contribution >= 0.6 is 69.8 Å². The Morgan fingerprint density at radius 1 is 1.10 bits per heavy atom. The lowest BCUT2D eigenvalue weighted by atomic mass is 10.9. The summed E-state index contributed by atoms with van der Waals surface area (Å²) in [4.78, 5) is 0. The van der Waals surface area contributed by atoms with E-state index in [1.807, 2.05) is 6.92 Å². The van der Waals surface area contributed by atoms with Crippen molar-refractivity contribution in [2.75, 3.05) is 5.75 Å². The summed E-state index contributed by atoms with van der Waals surface area (Å²) in [5.74, 6) is 0.695. The first-order chi connectivity index (χ1) is 4.31. The summed E-state index contributed by atoms with van der Waals surface area (Å²) in [5, 5.41) is 0. The van der Waals surface area contributed by atoms with E-state index in [0.29, 0.717) is 5.75 Å². The summed E-state index contributed by atoms with van der Waals surface area (Å²) in [5.41, 5.74) is 0. The molecule has 6 heteroatoms. The predicted octanol–water partition coefficient (Wildman–Crippen LogP) is 4.24. The molecule has 0 aliphatic rings. The summed E-state index contributed by atoms with van der Waals surface area (Å²) in [6.45, 7) is 1.88. The zero-order valence-corrected chi connectivity index (χ0v) is 9.60. The van der Waals surface area contributed by atoms with Gasteiger partial charge < -0.3 is 0 Å². The standard InChI is InChI=1S/C4H5Cl5S/c1-2-10-4(8,9)3(5,6)7/h2H2,1H3. The molecule has 62 valence electrons. The highest BCUT2D eigenvalue weighted by atomic mass is 35.6. The molecular weight excluding hydrogens is 257 g/mol. The fourth-order valence-corrected chi connectivity index (χ4v) is 1.93. The second kappa shape index (κ2) is 4.15. The third-order valence-corrected chi connectivity index (χ3v) is 4.60. The normalized spacial score (nSPS) is 13.8. The Kier molecular flexibility index (Phi) is 4.90. The van der Waals surface area contributed by atoms with E-state index < -0.39 is 7.46 Å². The first-order valence-electron chi connectivity index (χ1n) is 2.39. The van der Waals surface area contributed by atoms with Crippen LogP contribution in [0, 0.1) is 0 Å². The number of halogens is 5. The van der Waals surface area contributed by atoms with Gasteiger partial charge in [0.2, 0.25) is 7.46 Å². The first-order valence-corrected chi connectivity index (χ1v) is 5.27. The van der Waals surface area contributed by atoms with Crippen molar-refractivity contribution in [2.24, 2.45) is 0 Å². The van der Waals surface area contributed by atoms with Gasteiger partial charge in [0, 0.05) is 0 Å². The molecule has 0 aliphatic carbocycles. The monoisotopic (exact) mass is 260 g/mol. The van der Waals surface area contributed by atoms with Crippen LogP contribution < -0.4 is 0 Å². The Bertz CT molecular complexity index is 107. The summed E-state index contributed by atoms with van der Waals surface area (Å²) < 4.78 is -3.00. The molecule has 0 aromatic heterocycles. The van der Waals surface area contributed by atoms with Crippen LogP contribution in [0.3, 0.4) is 0 Å². The zero-order chi connectivity index (χ0) is 8.41. The second-order valence-electron chi connectivity index (χ2n) is 1.45. The fraction of sp³-hybridized carbons (Fsp3) is 1.00. The van der Waals surface area contributed by atoms with Gasteiger partial charge in [0.15, 0.2) is 0 Å². The molecule has 0 spiro atoms. The minimum Gasteiger partial charge on any atom is -0.119 e. The van der Waals surface area contributed by atoms with Gasteiger partial charge in [0.1, 0.15) is 0 Å². The minimum atomic E-state index is -1.64. The molecule has 0 nitrogen and oxygen atoms in total. The van der Waals surface area contributed by atoms with Crippen LogP contribution in [0.25, 0.3) is 0 Å². The first kappa shape index (κ1) is 11.8. The van der Waals surface area contributed by atoms with E-state index in [-0.39, 0.29) is 0 Å². The van der Waals surface area contributed by atoms with Gasteiger partial charge in [-0.25, -0.2) is 0 Å². The largest absolute Gasteiger partial charge is 0.232 e. The molecule has 0 unspecified atom stereocenters. The average Bonchev–Trinajstić information content (AvgIpc) is 1.61. The molecule has 0 aliphatic heterocycles. The number of rotatable bonds is 2. The van der Waals surface area contributed by atoms with Crippen molar-refractivity contribution in [1.29, 1.82) is 0 Å². The van der Waals surface area contributed by atoms with Crippen molar-refractivity contribution in [3.63, 3.8) is 0 Å². The van der Waals surface area contributed by atoms with E-state index in [4.69, 9.17) is 58.0 Å². The van der Waals surface area contributed by atoms with Crippen LogP contribution in [-0.2, 0) is 0 Å². The highest BCUT2D eigenvalue weighted by molar-refractivity contribution is 8.03. The van der Waals surface area contributed by atoms with Gasteiger partial charge >= 0.3 is 0 Å². The van der Waals surface area contributed by atoms with Crippen molar-refractivity contribution in [3.05, 3.63) is 0 Å². The van der Waals surface area contributed by atoms with Crippen LogP contribution in [-0.4, -0.2) is 13.2 Å². The highest BCUT2D eigenvalue weighted by Gasteiger charge is 2.45. The molecule has 0 radical (unpaired) electrons. The van der Waals surface area contributed by atoms with Crippen molar-refractivity contribution in [2.45, 2.75) is 14.4 Å². The molecule has 0 atom stereocenters. The fourth-order valence-electron chi connectivity index (χ4n) is 0.263. The van der Waals surface area contributed by atoms with Crippen LogP contribution in [0.1, 0.15) is 6.92 Å². The molecule has 10 heavy (non-hydrogen) atoms. The predicted molar refractivity (Wildman–Crippen MR) is 52.9 cm³/mol. The van der Waals surface area contributed by atoms with Gasteiger partial charge in [-0.3, -0.25) is 0 Å². The van der Waals surface area contributed by atoms with E-state index >= 15 is 0 Å². The molecule has 0 aromatic carbocycles. The Labute approximate surface area is 89.5 Å². The maximum atomic E-state index is 5.65. The number of hydrogen-bond donors (Lipinski definition) is 0. The van der Waals surface area contributed by atoms with Gasteiger partial charge in [-0.1, -0.05) is 64.9 Å². The number of thioether (sulfide) groups is 1. The van der Waals surface area contributed by atoms with Crippen LogP contribution in [0.4, 0.5) is 0 Å². The lowest BCUT2D eigenvalue weighted by molar-refractivity contribution is 1.11. The lowest BCUT2D eigenvalue weighted by Gasteiger charge is -2.25. The molecule has 0 bridgehead atoms. The van der Waals surface area contributed by atoms with E-state index in [1.165, 1.54) is 11.8 Å². The van der Waals surface area contributed by atoms with Gasteiger partial charge in [-0.05, 0) is 5.75 Å². The molecule has 0 rings (SSSR count). The molecule has 0 heterocycles. The van der Waals surface area contributed by atoms with Crippen molar-refractivity contribution in [3.8, 4) is 0 Å². The van der Waals surface area contributed by atoms with Gasteiger partial charge in [-0.2, -0.15) is 0 Å². The van der Waals surface area contributed by atoms with Crippen LogP contribution in [0.2, 0.25) is 0 Å². The van der Waals surface area contributed by atoms with E-state index in [0.717, 1.165) is 0 Å². The van der Waals surface area contributed by atoms with Crippen molar-refractivity contribution in [1.82, 2.24) is 0 Å². The molecule has 0 fully saturated rings. The summed E-state index contributed by atoms with van der Waals surface area (Å²) in [7, 11) is 0. The Morgan fingerprint density at radius 3 is 1.60 bits per heavy atom. The van der Waals surface area contributed by atoms with E-state index in [1.54, 1.807) is 0 Å². The quantitative estimate of drug-likeness (QED) is 0.671. The maximum Gasteiger partial charge on any atom is 0.232 e. The number of hydrogen-bond acceptors (Lipinski definition) is 1. The molecular formula is C4H5Cl5S. The van der Waals surface area contributed by atoms with Crippen LogP contribution in [0.5, 0.6) is 0 Å². The Balaban J connectivity index is 4.10. The Hall–Kier alpha value is 1.80. The Morgan fingerprint density at radius 2 is 1.50 bits per heavy atom. The topological polar surface area (TPSA) is 0 Å². The SMILES string of the molecule is CCSC(Cl)(Cl)C(Cl)(Cl)Cl. The third-order valence-electron chi connectivity index (χ3n) is 0.656. The van der Waals surface area contributed by atoms with Crippen molar-refractivity contribution < 1.29 is 0 Å². The molecule has 0 aromatic rings. The van der Waals surface area contributed by atoms with E-state index in [9.17, 15) is 0 Å². The second-order valence-corrected chi connectivity index (χ2v) is 6.98. The van der Waals surface area contributed by atoms with E-state index in [2.05, 4.69) is 0 Å². The average molecular weight is 262 g/mol. The zero-order valence-electron chi connectivity index (χ0n) is 5.01. The molecule has 0 N–H and O–H groups in total. The maximum absolute atomic E-state index is 5.65. The third kappa shape index (κ3) is 3.46. The highest BCUT2D eigenvalue weighted by Crippen LogP contribution is 2.52. The van der Waals surface area contributed by atoms with Gasteiger partial charge in [0.25, 0.3) is 0 Å². The smallest absolute Gasteiger partial charge is 0.119 e. The lowest BCUT2D eigenvalue weighted by Crippen LogP contribution is -2.27. The number of alkyl halides is 5. The molecule has 0 amide bonds. The summed E-state index contributed by atoms with van der Waals surface area (Å²) >= 11 is 28.8. The molecule has 0 saturated carbocycles. The van der Waals surface area contributed by atoms with Gasteiger partial charge in [-0.15, -0.1) is 11.8 Å². The summed E-state index contributed by atoms with van der Waals surface area (Å²) in [6.07, 6.45) is 0. The summed E-state index contributed by atoms with van der Waals surface area (Å²) in [6, 6.07) is 0. The minimum absolute atomic E-state index is 0.695. The van der Waals surface area contributed by atoms with Crippen LogP contribution in [0.15, 0.2) is 0 Å². The van der Waals surface area contributed by atoms with Crippen molar-refractivity contribution >= 4 is 69.8 Å².